The monoisotopic (exact) mass is 586 g/mol. The van der Waals surface area contributed by atoms with Crippen LogP contribution in [-0.4, -0.2) is 37.0 Å². The quantitative estimate of drug-likeness (QED) is 0.239. The van der Waals surface area contributed by atoms with Crippen molar-refractivity contribution in [1.82, 2.24) is 4.57 Å². The fourth-order valence-corrected chi connectivity index (χ4v) is 6.17. The molecule has 8 nitrogen and oxygen atoms in total. The van der Waals surface area contributed by atoms with Gasteiger partial charge >= 0.3 is 5.97 Å². The van der Waals surface area contributed by atoms with E-state index in [2.05, 4.69) is 0 Å². The number of esters is 1. The molecule has 42 heavy (non-hydrogen) atoms. The number of allylic oxidation sites excluding steroid dienone is 1. The number of ether oxygens (including phenoxy) is 4. The van der Waals surface area contributed by atoms with Crippen molar-refractivity contribution in [3.05, 3.63) is 96.7 Å². The SMILES string of the molecule is CCOC(=O)C1=C(C)N=c2s/c(=C/c3c(OCC)ccc4ccc(OCC)cc34)c(=O)n2[C@@H]1c1ccc(OCC)cc1. The lowest BCUT2D eigenvalue weighted by Crippen LogP contribution is -2.39. The Morgan fingerprint density at radius 1 is 0.905 bits per heavy atom. The fourth-order valence-electron chi connectivity index (χ4n) is 5.14. The van der Waals surface area contributed by atoms with E-state index in [0.29, 0.717) is 51.9 Å². The average Bonchev–Trinajstić information content (AvgIpc) is 3.28. The molecule has 0 saturated heterocycles. The van der Waals surface area contributed by atoms with Crippen LogP contribution in [0.15, 0.2) is 75.7 Å². The van der Waals surface area contributed by atoms with E-state index in [4.69, 9.17) is 23.9 Å². The van der Waals surface area contributed by atoms with Crippen LogP contribution in [0.1, 0.15) is 51.8 Å². The number of carbonyl (C=O) groups excluding carboxylic acids is 1. The minimum atomic E-state index is -0.707. The number of rotatable bonds is 10. The predicted octanol–water partition coefficient (Wildman–Crippen LogP) is 5.15. The van der Waals surface area contributed by atoms with Crippen LogP contribution < -0.4 is 29.1 Å². The molecule has 1 aliphatic rings. The molecule has 218 valence electrons. The zero-order valence-corrected chi connectivity index (χ0v) is 25.2. The molecule has 0 aliphatic carbocycles. The summed E-state index contributed by atoms with van der Waals surface area (Å²) < 4.78 is 24.9. The summed E-state index contributed by atoms with van der Waals surface area (Å²) in [4.78, 5) is 32.6. The molecule has 0 fully saturated rings. The van der Waals surface area contributed by atoms with Gasteiger partial charge in [-0.2, -0.15) is 0 Å². The summed E-state index contributed by atoms with van der Waals surface area (Å²) in [6.07, 6.45) is 1.85. The van der Waals surface area contributed by atoms with Crippen molar-refractivity contribution in [2.75, 3.05) is 26.4 Å². The first-order chi connectivity index (χ1) is 20.4. The zero-order chi connectivity index (χ0) is 29.8. The molecule has 3 aromatic carbocycles. The molecule has 0 spiro atoms. The topological polar surface area (TPSA) is 88.4 Å². The third-order valence-electron chi connectivity index (χ3n) is 6.90. The van der Waals surface area contributed by atoms with Crippen LogP contribution in [0, 0.1) is 0 Å². The molecular formula is C33H34N2O6S. The van der Waals surface area contributed by atoms with E-state index >= 15 is 0 Å². The fraction of sp³-hybridized carbons (Fsp3) is 0.303. The standard InChI is InChI=1S/C33H34N2O6S/c1-6-38-23-14-11-22(12-15-23)30-29(32(37)41-9-4)20(5)34-33-35(30)31(36)28(42-33)19-26-25-18-24(39-7-2)16-10-21(25)13-17-27(26)40-8-3/h10-19,30H,6-9H2,1-5H3/b28-19+/t30-/m1/s1. The molecule has 1 aromatic heterocycles. The number of aromatic nitrogens is 1. The molecule has 0 N–H and O–H groups in total. The highest BCUT2D eigenvalue weighted by Gasteiger charge is 2.33. The molecule has 1 aliphatic heterocycles. The van der Waals surface area contributed by atoms with Crippen molar-refractivity contribution >= 4 is 34.2 Å². The molecule has 0 amide bonds. The number of thiazole rings is 1. The Morgan fingerprint density at radius 2 is 1.57 bits per heavy atom. The third kappa shape index (κ3) is 5.56. The van der Waals surface area contributed by atoms with Crippen LogP contribution in [0.25, 0.3) is 16.8 Å². The molecule has 0 saturated carbocycles. The van der Waals surface area contributed by atoms with Crippen LogP contribution in [-0.2, 0) is 9.53 Å². The number of carbonyl (C=O) groups is 1. The van der Waals surface area contributed by atoms with Gasteiger partial charge in [0.25, 0.3) is 5.56 Å². The Hall–Kier alpha value is -4.37. The van der Waals surface area contributed by atoms with Gasteiger partial charge in [-0.15, -0.1) is 0 Å². The highest BCUT2D eigenvalue weighted by atomic mass is 32.1. The number of nitrogens with zero attached hydrogens (tertiary/aromatic N) is 2. The lowest BCUT2D eigenvalue weighted by molar-refractivity contribution is -0.139. The minimum Gasteiger partial charge on any atom is -0.494 e. The van der Waals surface area contributed by atoms with Gasteiger partial charge in [-0.05, 0) is 87.4 Å². The van der Waals surface area contributed by atoms with Gasteiger partial charge in [-0.3, -0.25) is 9.36 Å². The van der Waals surface area contributed by atoms with Crippen molar-refractivity contribution in [2.45, 2.75) is 40.7 Å². The van der Waals surface area contributed by atoms with Gasteiger partial charge in [0.15, 0.2) is 4.80 Å². The van der Waals surface area contributed by atoms with E-state index in [0.717, 1.165) is 27.6 Å². The second kappa shape index (κ2) is 12.7. The smallest absolute Gasteiger partial charge is 0.338 e. The van der Waals surface area contributed by atoms with E-state index in [1.54, 1.807) is 18.4 Å². The average molecular weight is 587 g/mol. The lowest BCUT2D eigenvalue weighted by Gasteiger charge is -2.24. The van der Waals surface area contributed by atoms with Crippen LogP contribution in [0.2, 0.25) is 0 Å². The Kier molecular flexibility index (Phi) is 8.77. The summed E-state index contributed by atoms with van der Waals surface area (Å²) in [5.41, 5.74) is 2.13. The largest absolute Gasteiger partial charge is 0.494 e. The molecule has 0 bridgehead atoms. The zero-order valence-electron chi connectivity index (χ0n) is 24.4. The van der Waals surface area contributed by atoms with Crippen molar-refractivity contribution < 1.29 is 23.7 Å². The van der Waals surface area contributed by atoms with Gasteiger partial charge in [0.05, 0.1) is 48.3 Å². The summed E-state index contributed by atoms with van der Waals surface area (Å²) in [6, 6.07) is 16.5. The van der Waals surface area contributed by atoms with Gasteiger partial charge < -0.3 is 18.9 Å². The van der Waals surface area contributed by atoms with E-state index in [-0.39, 0.29) is 12.2 Å². The second-order valence-corrected chi connectivity index (χ2v) is 10.5. The van der Waals surface area contributed by atoms with E-state index < -0.39 is 12.0 Å². The molecule has 1 atom stereocenters. The molecular weight excluding hydrogens is 552 g/mol. The van der Waals surface area contributed by atoms with Crippen molar-refractivity contribution in [1.29, 1.82) is 0 Å². The highest BCUT2D eigenvalue weighted by molar-refractivity contribution is 7.07. The van der Waals surface area contributed by atoms with Crippen molar-refractivity contribution in [3.63, 3.8) is 0 Å². The number of hydrogen-bond donors (Lipinski definition) is 0. The van der Waals surface area contributed by atoms with Crippen LogP contribution in [0.5, 0.6) is 17.2 Å². The lowest BCUT2D eigenvalue weighted by atomic mass is 9.96. The Morgan fingerprint density at radius 3 is 2.26 bits per heavy atom. The Labute approximate surface area is 248 Å². The summed E-state index contributed by atoms with van der Waals surface area (Å²) in [6.45, 7) is 11.1. The van der Waals surface area contributed by atoms with Crippen LogP contribution in [0.4, 0.5) is 0 Å². The van der Waals surface area contributed by atoms with Gasteiger partial charge in [0.2, 0.25) is 0 Å². The van der Waals surface area contributed by atoms with Gasteiger partial charge in [0.1, 0.15) is 17.2 Å². The maximum absolute atomic E-state index is 14.2. The van der Waals surface area contributed by atoms with Crippen LogP contribution in [0.3, 0.4) is 0 Å². The first-order valence-corrected chi connectivity index (χ1v) is 15.0. The van der Waals surface area contributed by atoms with E-state index in [9.17, 15) is 9.59 Å². The van der Waals surface area contributed by atoms with Crippen LogP contribution >= 0.6 is 11.3 Å². The van der Waals surface area contributed by atoms with Gasteiger partial charge in [-0.25, -0.2) is 9.79 Å². The predicted molar refractivity (Wildman–Crippen MR) is 164 cm³/mol. The first-order valence-electron chi connectivity index (χ1n) is 14.1. The first kappa shape index (κ1) is 29.1. The summed E-state index contributed by atoms with van der Waals surface area (Å²) in [5.74, 6) is 1.61. The summed E-state index contributed by atoms with van der Waals surface area (Å²) in [5, 5.41) is 1.90. The second-order valence-electron chi connectivity index (χ2n) is 9.53. The molecule has 0 unspecified atom stereocenters. The molecule has 4 aromatic rings. The normalized spacial score (nSPS) is 14.9. The molecule has 0 radical (unpaired) electrons. The Balaban J connectivity index is 1.75. The van der Waals surface area contributed by atoms with Gasteiger partial charge in [0, 0.05) is 5.56 Å². The summed E-state index contributed by atoms with van der Waals surface area (Å²) in [7, 11) is 0. The van der Waals surface area contributed by atoms with Crippen molar-refractivity contribution in [2.24, 2.45) is 4.99 Å². The molecule has 2 heterocycles. The van der Waals surface area contributed by atoms with Crippen molar-refractivity contribution in [3.8, 4) is 17.2 Å². The maximum atomic E-state index is 14.2. The maximum Gasteiger partial charge on any atom is 0.338 e. The summed E-state index contributed by atoms with van der Waals surface area (Å²) >= 11 is 1.28. The number of benzene rings is 3. The molecule has 5 rings (SSSR count). The Bertz CT molecular complexity index is 1830. The minimum absolute atomic E-state index is 0.209. The molecule has 9 heteroatoms. The number of fused-ring (bicyclic) bond motifs is 2. The highest BCUT2D eigenvalue weighted by Crippen LogP contribution is 2.33. The number of hydrogen-bond acceptors (Lipinski definition) is 8. The van der Waals surface area contributed by atoms with E-state index in [1.165, 1.54) is 11.3 Å². The third-order valence-corrected chi connectivity index (χ3v) is 7.89. The van der Waals surface area contributed by atoms with Gasteiger partial charge in [-0.1, -0.05) is 35.6 Å². The van der Waals surface area contributed by atoms with E-state index in [1.807, 2.05) is 81.4 Å².